The number of nitrogens with one attached hydrogen (secondary N) is 2. The highest BCUT2D eigenvalue weighted by Crippen LogP contribution is 2.31. The minimum Gasteiger partial charge on any atom is -0.349 e. The standard InChI is InChI=1S/C20H21BrFN4O2P/c21-13-5-6-17(15(22)9-13)29-11-12-3-1-2-4-14(12)19(27)25-16-10-24-26-8-7-23-20(28)18(16)26/h5-6,9-12,14H,1-4,7-8H2,(H,23,28)(H,25,27). The van der Waals surface area contributed by atoms with Gasteiger partial charge in [0.25, 0.3) is 5.91 Å². The van der Waals surface area contributed by atoms with E-state index in [0.717, 1.165) is 33.9 Å². The second kappa shape index (κ2) is 8.76. The van der Waals surface area contributed by atoms with Crippen LogP contribution in [0.3, 0.4) is 0 Å². The Morgan fingerprint density at radius 2 is 2.21 bits per heavy atom. The molecule has 0 saturated heterocycles. The lowest BCUT2D eigenvalue weighted by atomic mass is 9.80. The molecule has 0 radical (unpaired) electrons. The predicted molar refractivity (Wildman–Crippen MR) is 115 cm³/mol. The van der Waals surface area contributed by atoms with Crippen molar-refractivity contribution >= 4 is 52.7 Å². The van der Waals surface area contributed by atoms with E-state index < -0.39 is 0 Å². The summed E-state index contributed by atoms with van der Waals surface area (Å²) < 4.78 is 16.5. The van der Waals surface area contributed by atoms with E-state index in [9.17, 15) is 14.0 Å². The summed E-state index contributed by atoms with van der Waals surface area (Å²) in [5.41, 5.74) is 0.851. The summed E-state index contributed by atoms with van der Waals surface area (Å²) in [6, 6.07) is 5.03. The van der Waals surface area contributed by atoms with Crippen LogP contribution in [0.1, 0.15) is 36.2 Å². The molecule has 1 aromatic carbocycles. The van der Waals surface area contributed by atoms with Crippen LogP contribution < -0.4 is 15.9 Å². The van der Waals surface area contributed by atoms with Crippen LogP contribution in [0.15, 0.2) is 28.9 Å². The van der Waals surface area contributed by atoms with E-state index in [0.29, 0.717) is 34.2 Å². The van der Waals surface area contributed by atoms with Crippen LogP contribution in [0.4, 0.5) is 10.1 Å². The van der Waals surface area contributed by atoms with Gasteiger partial charge in [0.1, 0.15) is 11.5 Å². The first kappa shape index (κ1) is 20.2. The number of fused-ring (bicyclic) bond motifs is 1. The van der Waals surface area contributed by atoms with Gasteiger partial charge in [0.05, 0.1) is 18.4 Å². The zero-order valence-electron chi connectivity index (χ0n) is 15.7. The van der Waals surface area contributed by atoms with Crippen molar-refractivity contribution in [2.45, 2.75) is 32.2 Å². The van der Waals surface area contributed by atoms with Gasteiger partial charge in [0.15, 0.2) is 0 Å². The maximum absolute atomic E-state index is 14.1. The largest absolute Gasteiger partial charge is 0.349 e. The molecule has 2 N–H and O–H groups in total. The predicted octanol–water partition coefficient (Wildman–Crippen LogP) is 3.35. The fourth-order valence-electron chi connectivity index (χ4n) is 3.90. The Kier molecular flexibility index (Phi) is 6.11. The molecule has 1 aliphatic heterocycles. The smallest absolute Gasteiger partial charge is 0.271 e. The Hall–Kier alpha value is -2.05. The van der Waals surface area contributed by atoms with Gasteiger partial charge in [-0.1, -0.05) is 42.8 Å². The first-order chi connectivity index (χ1) is 14.0. The molecule has 152 valence electrons. The van der Waals surface area contributed by atoms with E-state index in [1.165, 1.54) is 12.3 Å². The number of rotatable bonds is 4. The van der Waals surface area contributed by atoms with E-state index in [1.807, 2.05) is 11.9 Å². The van der Waals surface area contributed by atoms with Gasteiger partial charge in [-0.2, -0.15) is 5.10 Å². The van der Waals surface area contributed by atoms with Gasteiger partial charge in [-0.15, -0.1) is 0 Å². The van der Waals surface area contributed by atoms with E-state index in [1.54, 1.807) is 10.7 Å². The summed E-state index contributed by atoms with van der Waals surface area (Å²) in [6.45, 7) is 1.13. The Morgan fingerprint density at radius 3 is 3.03 bits per heavy atom. The second-order valence-electron chi connectivity index (χ2n) is 7.30. The van der Waals surface area contributed by atoms with Crippen LogP contribution in [0, 0.1) is 17.7 Å². The third kappa shape index (κ3) is 4.43. The average molecular weight is 479 g/mol. The van der Waals surface area contributed by atoms with Crippen LogP contribution in [0.2, 0.25) is 0 Å². The summed E-state index contributed by atoms with van der Waals surface area (Å²) in [4.78, 5) is 25.1. The fraction of sp³-hybridized carbons (Fsp3) is 0.400. The molecule has 1 fully saturated rings. The van der Waals surface area contributed by atoms with E-state index in [-0.39, 0.29) is 29.5 Å². The molecule has 2 atom stereocenters. The van der Waals surface area contributed by atoms with Crippen molar-refractivity contribution in [3.8, 4) is 0 Å². The van der Waals surface area contributed by atoms with Gasteiger partial charge in [-0.25, -0.2) is 4.39 Å². The number of anilines is 1. The second-order valence-corrected chi connectivity index (χ2v) is 9.26. The summed E-state index contributed by atoms with van der Waals surface area (Å²) in [6.07, 6.45) is 5.25. The monoisotopic (exact) mass is 478 g/mol. The Balaban J connectivity index is 1.50. The van der Waals surface area contributed by atoms with Gasteiger partial charge in [-0.3, -0.25) is 14.3 Å². The first-order valence-corrected chi connectivity index (χ1v) is 11.4. The number of carbonyl (C=O) groups excluding carboxylic acids is 2. The molecule has 2 amide bonds. The molecule has 29 heavy (non-hydrogen) atoms. The number of hydrogen-bond acceptors (Lipinski definition) is 3. The van der Waals surface area contributed by atoms with Crippen LogP contribution in [-0.2, 0) is 11.3 Å². The van der Waals surface area contributed by atoms with Crippen molar-refractivity contribution in [3.05, 3.63) is 40.4 Å². The molecule has 2 aliphatic rings. The normalized spacial score (nSPS) is 21.7. The lowest BCUT2D eigenvalue weighted by Gasteiger charge is -2.28. The lowest BCUT2D eigenvalue weighted by molar-refractivity contribution is -0.121. The van der Waals surface area contributed by atoms with Crippen molar-refractivity contribution in [2.24, 2.45) is 11.8 Å². The molecule has 1 aromatic heterocycles. The van der Waals surface area contributed by atoms with E-state index in [2.05, 4.69) is 31.7 Å². The summed E-state index contributed by atoms with van der Waals surface area (Å²) in [5, 5.41) is 10.5. The summed E-state index contributed by atoms with van der Waals surface area (Å²) >= 11 is 3.27. The maximum Gasteiger partial charge on any atom is 0.271 e. The van der Waals surface area contributed by atoms with Crippen LogP contribution in [0.5, 0.6) is 0 Å². The van der Waals surface area contributed by atoms with Crippen LogP contribution in [0.25, 0.3) is 0 Å². The molecule has 2 aromatic rings. The van der Waals surface area contributed by atoms with Crippen LogP contribution in [-0.4, -0.2) is 33.9 Å². The number of benzene rings is 1. The van der Waals surface area contributed by atoms with Crippen LogP contribution >= 0.6 is 24.1 Å². The Labute approximate surface area is 178 Å². The summed E-state index contributed by atoms with van der Waals surface area (Å²) in [7, 11) is 0.768. The summed E-state index contributed by atoms with van der Waals surface area (Å²) in [5.74, 6) is 1.32. The number of carbonyl (C=O) groups is 2. The van der Waals surface area contributed by atoms with Crippen molar-refractivity contribution in [3.63, 3.8) is 0 Å². The number of halogens is 2. The number of hydrogen-bond donors (Lipinski definition) is 2. The van der Waals surface area contributed by atoms with Crippen molar-refractivity contribution in [1.82, 2.24) is 15.1 Å². The van der Waals surface area contributed by atoms with E-state index in [4.69, 9.17) is 0 Å². The highest BCUT2D eigenvalue weighted by atomic mass is 79.9. The quantitative estimate of drug-likeness (QED) is 0.661. The zero-order valence-corrected chi connectivity index (χ0v) is 18.2. The molecule has 6 nitrogen and oxygen atoms in total. The lowest BCUT2D eigenvalue weighted by Crippen LogP contribution is -2.37. The van der Waals surface area contributed by atoms with Gasteiger partial charge in [0.2, 0.25) is 5.91 Å². The van der Waals surface area contributed by atoms with E-state index >= 15 is 0 Å². The van der Waals surface area contributed by atoms with Gasteiger partial charge in [0, 0.05) is 22.2 Å². The molecule has 2 unspecified atom stereocenters. The number of nitrogens with zero attached hydrogens (tertiary/aromatic N) is 2. The van der Waals surface area contributed by atoms with Crippen molar-refractivity contribution in [2.75, 3.05) is 11.9 Å². The average Bonchev–Trinajstić information content (AvgIpc) is 3.11. The first-order valence-electron chi connectivity index (χ1n) is 9.67. The molecular formula is C20H21BrFN4O2P. The molecule has 2 heterocycles. The third-order valence-electron chi connectivity index (χ3n) is 5.39. The molecular weight excluding hydrogens is 458 g/mol. The van der Waals surface area contributed by atoms with Crippen molar-refractivity contribution < 1.29 is 14.0 Å². The number of aromatic nitrogens is 2. The molecule has 0 spiro atoms. The highest BCUT2D eigenvalue weighted by Gasteiger charge is 2.31. The minimum atomic E-state index is -0.258. The third-order valence-corrected chi connectivity index (χ3v) is 7.06. The zero-order chi connectivity index (χ0) is 20.4. The Bertz CT molecular complexity index is 977. The SMILES string of the molecule is O=C1NCCn2ncc(NC(=O)C3CCCCC3/C=P\c3ccc(Br)cc3F)c21. The highest BCUT2D eigenvalue weighted by molar-refractivity contribution is 9.10. The van der Waals surface area contributed by atoms with Crippen molar-refractivity contribution in [1.29, 1.82) is 0 Å². The fourth-order valence-corrected chi connectivity index (χ4v) is 5.29. The molecule has 4 rings (SSSR count). The molecule has 1 saturated carbocycles. The topological polar surface area (TPSA) is 76.0 Å². The van der Waals surface area contributed by atoms with Gasteiger partial charge < -0.3 is 10.6 Å². The maximum atomic E-state index is 14.1. The van der Waals surface area contributed by atoms with Gasteiger partial charge in [-0.05, 0) is 37.0 Å². The molecule has 9 heteroatoms. The minimum absolute atomic E-state index is 0.0636. The molecule has 1 aliphatic carbocycles. The number of amides is 2. The Morgan fingerprint density at radius 1 is 1.38 bits per heavy atom. The molecule has 0 bridgehead atoms. The van der Waals surface area contributed by atoms with Gasteiger partial charge >= 0.3 is 0 Å².